The zero-order valence-electron chi connectivity index (χ0n) is 18.8. The molecular weight excluding hydrogens is 364 g/mol. The third-order valence-corrected chi connectivity index (χ3v) is 11.2. The van der Waals surface area contributed by atoms with Gasteiger partial charge in [-0.3, -0.25) is 4.79 Å². The van der Waals surface area contributed by atoms with Gasteiger partial charge >= 0.3 is 5.97 Å². The number of hydrogen-bond donors (Lipinski definition) is 0. The van der Waals surface area contributed by atoms with Gasteiger partial charge in [-0.05, 0) is 43.6 Å². The van der Waals surface area contributed by atoms with Gasteiger partial charge in [-0.25, -0.2) is 0 Å². The second kappa shape index (κ2) is 7.55. The fraction of sp³-hybridized carbons (Fsp3) is 0.542. The predicted octanol–water partition coefficient (Wildman–Crippen LogP) is 6.38. The van der Waals surface area contributed by atoms with E-state index in [4.69, 9.17) is 9.16 Å². The van der Waals surface area contributed by atoms with Crippen LogP contribution < -0.4 is 0 Å². The highest BCUT2D eigenvalue weighted by molar-refractivity contribution is 6.74. The predicted molar refractivity (Wildman–Crippen MR) is 119 cm³/mol. The van der Waals surface area contributed by atoms with Crippen LogP contribution in [0.4, 0.5) is 0 Å². The van der Waals surface area contributed by atoms with E-state index in [0.717, 1.165) is 16.9 Å². The van der Waals surface area contributed by atoms with E-state index in [0.29, 0.717) is 13.0 Å². The molecule has 0 radical (unpaired) electrons. The minimum Gasteiger partial charge on any atom is -0.546 e. The van der Waals surface area contributed by atoms with Gasteiger partial charge in [0.15, 0.2) is 0 Å². The smallest absolute Gasteiger partial charge is 0.317 e. The number of rotatable bonds is 5. The van der Waals surface area contributed by atoms with E-state index < -0.39 is 19.1 Å². The Morgan fingerprint density at radius 1 is 1.18 bits per heavy atom. The molecule has 0 bridgehead atoms. The van der Waals surface area contributed by atoms with E-state index in [1.165, 1.54) is 0 Å². The summed E-state index contributed by atoms with van der Waals surface area (Å²) in [5, 5.41) is 0.0974. The van der Waals surface area contributed by atoms with Crippen molar-refractivity contribution in [2.24, 2.45) is 5.41 Å². The van der Waals surface area contributed by atoms with Gasteiger partial charge in [0.2, 0.25) is 8.32 Å². The van der Waals surface area contributed by atoms with Crippen LogP contribution in [0.15, 0.2) is 54.3 Å². The normalized spacial score (nSPS) is 25.9. The molecule has 0 aliphatic heterocycles. The van der Waals surface area contributed by atoms with E-state index in [-0.39, 0.29) is 11.0 Å². The first kappa shape index (κ1) is 22.5. The lowest BCUT2D eigenvalue weighted by Gasteiger charge is -2.49. The maximum Gasteiger partial charge on any atom is 0.317 e. The average molecular weight is 401 g/mol. The Kier molecular flexibility index (Phi) is 6.06. The van der Waals surface area contributed by atoms with Crippen molar-refractivity contribution in [2.75, 3.05) is 6.61 Å². The summed E-state index contributed by atoms with van der Waals surface area (Å²) in [6.07, 6.45) is 2.71. The molecule has 0 amide bonds. The van der Waals surface area contributed by atoms with Crippen LogP contribution in [0, 0.1) is 5.41 Å². The number of ether oxygens (including phenoxy) is 1. The van der Waals surface area contributed by atoms with Crippen LogP contribution in [-0.2, 0) is 19.4 Å². The zero-order valence-corrected chi connectivity index (χ0v) is 19.8. The first-order valence-electron chi connectivity index (χ1n) is 10.1. The van der Waals surface area contributed by atoms with Crippen LogP contribution in [0.1, 0.15) is 53.5 Å². The second-order valence-corrected chi connectivity index (χ2v) is 14.4. The standard InChI is InChI=1S/C24H36O3Si/c1-10-26-21(25)24(7)18(2)16-20(27-28(8,9)22(3,4)5)17-23(24,6)19-14-12-11-13-15-19/h11-15,17H,2,10,16H2,1,3-9H3/t23-,24-/m0/s1. The minimum absolute atomic E-state index is 0.0974. The number of carbonyl (C=O) groups excluding carboxylic acids is 1. The van der Waals surface area contributed by atoms with Gasteiger partial charge in [-0.15, -0.1) is 0 Å². The molecule has 1 aliphatic rings. The zero-order chi connectivity index (χ0) is 21.4. The van der Waals surface area contributed by atoms with Gasteiger partial charge in [0, 0.05) is 11.8 Å². The molecule has 0 saturated heterocycles. The fourth-order valence-electron chi connectivity index (χ4n) is 3.61. The Labute approximate surface area is 172 Å². The molecule has 0 aromatic heterocycles. The topological polar surface area (TPSA) is 35.5 Å². The molecule has 4 heteroatoms. The maximum atomic E-state index is 13.1. The first-order valence-corrected chi connectivity index (χ1v) is 13.0. The van der Waals surface area contributed by atoms with Crippen LogP contribution in [-0.4, -0.2) is 20.9 Å². The summed E-state index contributed by atoms with van der Waals surface area (Å²) < 4.78 is 12.2. The fourth-order valence-corrected chi connectivity index (χ4v) is 4.70. The third-order valence-electron chi connectivity index (χ3n) is 6.83. The van der Waals surface area contributed by atoms with Gasteiger partial charge < -0.3 is 9.16 Å². The molecule has 1 aliphatic carbocycles. The molecule has 0 N–H and O–H groups in total. The van der Waals surface area contributed by atoms with Crippen molar-refractivity contribution in [3.8, 4) is 0 Å². The Bertz CT molecular complexity index is 773. The molecule has 0 unspecified atom stereocenters. The Balaban J connectivity index is 2.63. The van der Waals surface area contributed by atoms with Crippen LogP contribution in [0.5, 0.6) is 0 Å². The van der Waals surface area contributed by atoms with Crippen molar-refractivity contribution < 1.29 is 14.0 Å². The Hall–Kier alpha value is -1.81. The van der Waals surface area contributed by atoms with Gasteiger partial charge in [-0.1, -0.05) is 70.2 Å². The quantitative estimate of drug-likeness (QED) is 0.327. The van der Waals surface area contributed by atoms with Crippen LogP contribution in [0.3, 0.4) is 0 Å². The summed E-state index contributed by atoms with van der Waals surface area (Å²) in [5.74, 6) is 0.693. The van der Waals surface area contributed by atoms with Crippen LogP contribution >= 0.6 is 0 Å². The van der Waals surface area contributed by atoms with Crippen LogP contribution in [0.25, 0.3) is 0 Å². The highest BCUT2D eigenvalue weighted by atomic mass is 28.4. The Morgan fingerprint density at radius 2 is 1.75 bits per heavy atom. The molecular formula is C24H36O3Si. The summed E-state index contributed by atoms with van der Waals surface area (Å²) in [7, 11) is -2.00. The van der Waals surface area contributed by atoms with E-state index in [9.17, 15) is 4.79 Å². The summed E-state index contributed by atoms with van der Waals surface area (Å²) in [6.45, 7) is 21.8. The summed E-state index contributed by atoms with van der Waals surface area (Å²) in [4.78, 5) is 13.1. The van der Waals surface area contributed by atoms with Crippen molar-refractivity contribution >= 4 is 14.3 Å². The highest BCUT2D eigenvalue weighted by Crippen LogP contribution is 2.54. The average Bonchev–Trinajstić information content (AvgIpc) is 2.59. The highest BCUT2D eigenvalue weighted by Gasteiger charge is 2.56. The number of benzene rings is 1. The van der Waals surface area contributed by atoms with Crippen molar-refractivity contribution in [1.29, 1.82) is 0 Å². The van der Waals surface area contributed by atoms with E-state index in [1.54, 1.807) is 0 Å². The molecule has 154 valence electrons. The number of esters is 1. The number of hydrogen-bond acceptors (Lipinski definition) is 3. The maximum absolute atomic E-state index is 13.1. The first-order chi connectivity index (χ1) is 12.8. The molecule has 28 heavy (non-hydrogen) atoms. The van der Waals surface area contributed by atoms with Crippen molar-refractivity contribution in [1.82, 2.24) is 0 Å². The van der Waals surface area contributed by atoms with Gasteiger partial charge in [0.05, 0.1) is 17.8 Å². The SMILES string of the molecule is C=C1CC(O[Si](C)(C)C(C)(C)C)=C[C@@](C)(c2ccccc2)[C@]1(C)C(=O)OCC. The van der Waals surface area contributed by atoms with Gasteiger partial charge in [0.1, 0.15) is 0 Å². The lowest BCUT2D eigenvalue weighted by molar-refractivity contribution is -0.155. The number of carbonyl (C=O) groups is 1. The van der Waals surface area contributed by atoms with Crippen molar-refractivity contribution in [3.63, 3.8) is 0 Å². The molecule has 2 atom stereocenters. The lowest BCUT2D eigenvalue weighted by atomic mass is 9.55. The minimum atomic E-state index is -2.00. The summed E-state index contributed by atoms with van der Waals surface area (Å²) >= 11 is 0. The lowest BCUT2D eigenvalue weighted by Crippen LogP contribution is -2.51. The van der Waals surface area contributed by atoms with E-state index >= 15 is 0 Å². The molecule has 2 rings (SSSR count). The number of allylic oxidation sites excluding steroid dienone is 2. The molecule has 0 heterocycles. The molecule has 0 saturated carbocycles. The van der Waals surface area contributed by atoms with Gasteiger partial charge in [0.25, 0.3) is 0 Å². The Morgan fingerprint density at radius 3 is 2.25 bits per heavy atom. The molecule has 3 nitrogen and oxygen atoms in total. The van der Waals surface area contributed by atoms with Crippen molar-refractivity contribution in [3.05, 3.63) is 59.9 Å². The van der Waals surface area contributed by atoms with Crippen molar-refractivity contribution in [2.45, 2.75) is 71.5 Å². The third kappa shape index (κ3) is 3.71. The molecule has 1 aromatic carbocycles. The molecule has 1 aromatic rings. The second-order valence-electron chi connectivity index (χ2n) is 9.67. The van der Waals surface area contributed by atoms with E-state index in [2.05, 4.69) is 65.6 Å². The molecule has 0 spiro atoms. The van der Waals surface area contributed by atoms with Crippen LogP contribution in [0.2, 0.25) is 18.1 Å². The monoisotopic (exact) mass is 400 g/mol. The van der Waals surface area contributed by atoms with Gasteiger partial charge in [-0.2, -0.15) is 0 Å². The summed E-state index contributed by atoms with van der Waals surface area (Å²) in [5.41, 5.74) is 0.439. The molecule has 0 fully saturated rings. The largest absolute Gasteiger partial charge is 0.546 e. The summed E-state index contributed by atoms with van der Waals surface area (Å²) in [6, 6.07) is 10.1. The van der Waals surface area contributed by atoms with E-state index in [1.807, 2.05) is 32.0 Å².